The van der Waals surface area contributed by atoms with Crippen molar-refractivity contribution in [3.63, 3.8) is 0 Å². The van der Waals surface area contributed by atoms with Gasteiger partial charge in [-0.1, -0.05) is 17.8 Å². The van der Waals surface area contributed by atoms with Gasteiger partial charge in [-0.25, -0.2) is 8.42 Å². The second-order valence-electron chi connectivity index (χ2n) is 6.34. The van der Waals surface area contributed by atoms with Crippen molar-refractivity contribution in [1.29, 1.82) is 0 Å². The minimum atomic E-state index is -3.32. The number of sulfonamides is 1. The molecule has 2 aromatic heterocycles. The maximum Gasteiger partial charge on any atom is 0.277 e. The maximum atomic E-state index is 12.6. The molecule has 28 heavy (non-hydrogen) atoms. The van der Waals surface area contributed by atoms with E-state index in [-0.39, 0.29) is 11.5 Å². The zero-order valence-corrected chi connectivity index (χ0v) is 17.4. The van der Waals surface area contributed by atoms with Gasteiger partial charge in [-0.05, 0) is 48.1 Å². The number of benzene rings is 1. The molecule has 0 spiro atoms. The predicted octanol–water partition coefficient (Wildman–Crippen LogP) is 3.49. The van der Waals surface area contributed by atoms with E-state index < -0.39 is 10.0 Å². The van der Waals surface area contributed by atoms with Crippen molar-refractivity contribution in [2.45, 2.75) is 18.1 Å². The average molecular weight is 436 g/mol. The van der Waals surface area contributed by atoms with Crippen LogP contribution >= 0.6 is 23.1 Å². The van der Waals surface area contributed by atoms with Crippen LogP contribution < -0.4 is 4.31 Å². The molecule has 3 aromatic rings. The molecule has 0 bridgehead atoms. The maximum absolute atomic E-state index is 12.6. The van der Waals surface area contributed by atoms with Crippen LogP contribution in [0.2, 0.25) is 0 Å². The summed E-state index contributed by atoms with van der Waals surface area (Å²) in [6.45, 7) is 0.471. The van der Waals surface area contributed by atoms with Crippen molar-refractivity contribution >= 4 is 44.6 Å². The van der Waals surface area contributed by atoms with Crippen LogP contribution in [-0.4, -0.2) is 43.0 Å². The van der Waals surface area contributed by atoms with Crippen molar-refractivity contribution in [3.05, 3.63) is 46.8 Å². The van der Waals surface area contributed by atoms with E-state index in [1.54, 1.807) is 18.2 Å². The molecule has 0 saturated carbocycles. The molecule has 4 rings (SSSR count). The Hall–Kier alpha value is -2.17. The third kappa shape index (κ3) is 3.98. The standard InChI is InChI=1S/C18H17N3O4S3/c1-28(23,24)21-8-2-4-12-10-13(6-7-14(12)21)15(22)11-27-18-20-19-17(25-18)16-5-3-9-26-16/h3,5-7,9-10H,2,4,8,11H2,1H3. The van der Waals surface area contributed by atoms with Crippen molar-refractivity contribution in [1.82, 2.24) is 10.2 Å². The molecular weight excluding hydrogens is 418 g/mol. The molecule has 7 nitrogen and oxygen atoms in total. The van der Waals surface area contributed by atoms with E-state index in [1.165, 1.54) is 33.7 Å². The molecule has 3 heterocycles. The van der Waals surface area contributed by atoms with Crippen LogP contribution in [0, 0.1) is 0 Å². The van der Waals surface area contributed by atoms with Crippen LogP contribution in [0.4, 0.5) is 5.69 Å². The number of hydrogen-bond donors (Lipinski definition) is 0. The molecule has 146 valence electrons. The lowest BCUT2D eigenvalue weighted by Crippen LogP contribution is -2.34. The van der Waals surface area contributed by atoms with Crippen molar-refractivity contribution in [3.8, 4) is 10.8 Å². The Morgan fingerprint density at radius 1 is 1.32 bits per heavy atom. The second kappa shape index (κ2) is 7.69. The molecule has 1 aliphatic heterocycles. The molecule has 0 fully saturated rings. The number of carbonyl (C=O) groups excluding carboxylic acids is 1. The fraction of sp³-hybridized carbons (Fsp3) is 0.278. The number of aromatic nitrogens is 2. The molecule has 0 saturated heterocycles. The van der Waals surface area contributed by atoms with Crippen LogP contribution in [0.15, 0.2) is 45.4 Å². The summed E-state index contributed by atoms with van der Waals surface area (Å²) in [5, 5.41) is 10.2. The van der Waals surface area contributed by atoms with Gasteiger partial charge < -0.3 is 4.42 Å². The zero-order chi connectivity index (χ0) is 19.7. The van der Waals surface area contributed by atoms with E-state index >= 15 is 0 Å². The minimum Gasteiger partial charge on any atom is -0.410 e. The van der Waals surface area contributed by atoms with Crippen LogP contribution in [0.5, 0.6) is 0 Å². The highest BCUT2D eigenvalue weighted by Gasteiger charge is 2.24. The Kier molecular flexibility index (Phi) is 5.26. The zero-order valence-electron chi connectivity index (χ0n) is 15.0. The summed E-state index contributed by atoms with van der Waals surface area (Å²) in [5.41, 5.74) is 2.10. The van der Waals surface area contributed by atoms with Crippen molar-refractivity contribution in [2.24, 2.45) is 0 Å². The molecule has 0 unspecified atom stereocenters. The summed E-state index contributed by atoms with van der Waals surface area (Å²) < 4.78 is 30.9. The number of thiophene rings is 1. The number of ketones is 1. The summed E-state index contributed by atoms with van der Waals surface area (Å²) in [5.74, 6) is 0.542. The highest BCUT2D eigenvalue weighted by atomic mass is 32.2. The van der Waals surface area contributed by atoms with Gasteiger partial charge in [-0.15, -0.1) is 21.5 Å². The van der Waals surface area contributed by atoms with Gasteiger partial charge >= 0.3 is 0 Å². The van der Waals surface area contributed by atoms with Gasteiger partial charge in [0.1, 0.15) is 0 Å². The Morgan fingerprint density at radius 2 is 2.18 bits per heavy atom. The van der Waals surface area contributed by atoms with Gasteiger partial charge in [0, 0.05) is 12.1 Å². The van der Waals surface area contributed by atoms with E-state index in [9.17, 15) is 13.2 Å². The van der Waals surface area contributed by atoms with Crippen molar-refractivity contribution < 1.29 is 17.6 Å². The number of aryl methyl sites for hydroxylation is 1. The van der Waals surface area contributed by atoms with Gasteiger partial charge in [0.15, 0.2) is 5.78 Å². The molecular formula is C18H17N3O4S3. The fourth-order valence-electron chi connectivity index (χ4n) is 3.06. The van der Waals surface area contributed by atoms with Gasteiger partial charge in [0.25, 0.3) is 11.1 Å². The first-order valence-corrected chi connectivity index (χ1v) is 12.3. The number of carbonyl (C=O) groups is 1. The lowest BCUT2D eigenvalue weighted by atomic mass is 9.99. The Labute approximate surface area is 170 Å². The first-order chi connectivity index (χ1) is 13.4. The largest absolute Gasteiger partial charge is 0.410 e. The molecule has 1 aromatic carbocycles. The summed E-state index contributed by atoms with van der Waals surface area (Å²) in [7, 11) is -3.32. The van der Waals surface area contributed by atoms with Crippen LogP contribution in [0.1, 0.15) is 22.3 Å². The van der Waals surface area contributed by atoms with E-state index in [0.717, 1.165) is 23.3 Å². The number of anilines is 1. The number of fused-ring (bicyclic) bond motifs is 1. The molecule has 0 atom stereocenters. The number of nitrogens with zero attached hydrogens (tertiary/aromatic N) is 3. The predicted molar refractivity (Wildman–Crippen MR) is 110 cm³/mol. The van der Waals surface area contributed by atoms with Crippen molar-refractivity contribution in [2.75, 3.05) is 22.9 Å². The van der Waals surface area contributed by atoms with Gasteiger partial charge in [-0.2, -0.15) is 0 Å². The first-order valence-electron chi connectivity index (χ1n) is 8.56. The van der Waals surface area contributed by atoms with Crippen LogP contribution in [0.25, 0.3) is 10.8 Å². The van der Waals surface area contributed by atoms with Crippen LogP contribution in [0.3, 0.4) is 0 Å². The number of thioether (sulfide) groups is 1. The SMILES string of the molecule is CS(=O)(=O)N1CCCc2cc(C(=O)CSc3nnc(-c4cccs4)o3)ccc21. The van der Waals surface area contributed by atoms with E-state index in [2.05, 4.69) is 10.2 Å². The number of hydrogen-bond acceptors (Lipinski definition) is 8. The Bertz CT molecular complexity index is 1110. The normalized spacial score (nSPS) is 14.1. The lowest BCUT2D eigenvalue weighted by molar-refractivity contribution is 0.102. The summed E-state index contributed by atoms with van der Waals surface area (Å²) in [6.07, 6.45) is 2.69. The molecule has 1 aliphatic rings. The summed E-state index contributed by atoms with van der Waals surface area (Å²) in [4.78, 5) is 13.5. The third-order valence-corrected chi connectivity index (χ3v) is 7.20. The highest BCUT2D eigenvalue weighted by molar-refractivity contribution is 7.99. The lowest BCUT2D eigenvalue weighted by Gasteiger charge is -2.29. The van der Waals surface area contributed by atoms with E-state index in [4.69, 9.17) is 4.42 Å². The van der Waals surface area contributed by atoms with E-state index in [1.807, 2.05) is 17.5 Å². The molecule has 10 heteroatoms. The van der Waals surface area contributed by atoms with Gasteiger partial charge in [0.05, 0.1) is 22.6 Å². The van der Waals surface area contributed by atoms with Gasteiger partial charge in [-0.3, -0.25) is 9.10 Å². The number of Topliss-reactive ketones (excluding diaryl/α,β-unsaturated/α-hetero) is 1. The summed E-state index contributed by atoms with van der Waals surface area (Å²) in [6, 6.07) is 8.98. The fourth-order valence-corrected chi connectivity index (χ4v) is 5.36. The average Bonchev–Trinajstić information content (AvgIpc) is 3.35. The molecule has 0 radical (unpaired) electrons. The highest BCUT2D eigenvalue weighted by Crippen LogP contribution is 2.31. The van der Waals surface area contributed by atoms with E-state index in [0.29, 0.717) is 28.9 Å². The number of rotatable bonds is 6. The van der Waals surface area contributed by atoms with Gasteiger partial charge in [0.2, 0.25) is 10.0 Å². The smallest absolute Gasteiger partial charge is 0.277 e. The monoisotopic (exact) mass is 435 g/mol. The molecule has 0 aliphatic carbocycles. The Balaban J connectivity index is 1.46. The molecule has 0 N–H and O–H groups in total. The Morgan fingerprint density at radius 3 is 2.93 bits per heavy atom. The summed E-state index contributed by atoms with van der Waals surface area (Å²) >= 11 is 2.70. The topological polar surface area (TPSA) is 93.4 Å². The minimum absolute atomic E-state index is 0.0693. The first kappa shape index (κ1) is 19.2. The second-order valence-corrected chi connectivity index (χ2v) is 10.1. The quantitative estimate of drug-likeness (QED) is 0.432. The van der Waals surface area contributed by atoms with Crippen LogP contribution in [-0.2, 0) is 16.4 Å². The third-order valence-electron chi connectivity index (χ3n) is 4.34. The molecule has 0 amide bonds.